The summed E-state index contributed by atoms with van der Waals surface area (Å²) in [6.07, 6.45) is 0.694. The third-order valence-corrected chi connectivity index (χ3v) is 4.73. The lowest BCUT2D eigenvalue weighted by molar-refractivity contribution is -0.140. The minimum absolute atomic E-state index is 0.112. The summed E-state index contributed by atoms with van der Waals surface area (Å²) in [5.74, 6) is -1.10. The van der Waals surface area contributed by atoms with Crippen LogP contribution in [-0.2, 0) is 4.79 Å². The van der Waals surface area contributed by atoms with Crippen molar-refractivity contribution in [2.24, 2.45) is 5.92 Å². The van der Waals surface area contributed by atoms with E-state index in [1.165, 1.54) is 0 Å². The number of carboxylic acid groups (broad SMARTS) is 1. The zero-order chi connectivity index (χ0) is 17.7. The van der Waals surface area contributed by atoms with Crippen LogP contribution in [0.4, 0.5) is 10.5 Å². The predicted octanol–water partition coefficient (Wildman–Crippen LogP) is 2.67. The van der Waals surface area contributed by atoms with Gasteiger partial charge in [0.2, 0.25) is 0 Å². The van der Waals surface area contributed by atoms with E-state index in [1.54, 1.807) is 4.90 Å². The Kier molecular flexibility index (Phi) is 6.31. The van der Waals surface area contributed by atoms with E-state index in [9.17, 15) is 14.7 Å². The molecular weight excluding hydrogens is 330 g/mol. The van der Waals surface area contributed by atoms with Crippen molar-refractivity contribution in [2.45, 2.75) is 26.3 Å². The second-order valence-corrected chi connectivity index (χ2v) is 6.54. The van der Waals surface area contributed by atoms with Crippen molar-refractivity contribution < 1.29 is 14.7 Å². The van der Waals surface area contributed by atoms with E-state index in [0.717, 1.165) is 5.69 Å². The van der Waals surface area contributed by atoms with E-state index in [1.807, 2.05) is 38.1 Å². The van der Waals surface area contributed by atoms with Gasteiger partial charge in [0.15, 0.2) is 0 Å². The summed E-state index contributed by atoms with van der Waals surface area (Å²) in [5, 5.41) is 12.6. The number of hydrogen-bond acceptors (Lipinski definition) is 3. The van der Waals surface area contributed by atoms with Crippen LogP contribution in [0.2, 0.25) is 5.02 Å². The quantitative estimate of drug-likeness (QED) is 0.853. The molecule has 0 aliphatic carbocycles. The first-order chi connectivity index (χ1) is 11.4. The molecule has 1 aromatic carbocycles. The second-order valence-electron chi connectivity index (χ2n) is 6.10. The Bertz CT molecular complexity index is 588. The molecule has 1 aromatic rings. The number of carbonyl (C=O) groups is 2. The van der Waals surface area contributed by atoms with Crippen LogP contribution in [0.15, 0.2) is 24.3 Å². The molecule has 0 saturated carbocycles. The smallest absolute Gasteiger partial charge is 0.326 e. The third-order valence-electron chi connectivity index (χ3n) is 4.50. The highest BCUT2D eigenvalue weighted by Gasteiger charge is 2.29. The summed E-state index contributed by atoms with van der Waals surface area (Å²) < 4.78 is 0. The van der Waals surface area contributed by atoms with E-state index >= 15 is 0 Å². The third kappa shape index (κ3) is 4.54. The molecule has 1 aliphatic rings. The number of nitrogens with zero attached hydrogens (tertiary/aromatic N) is 2. The molecule has 132 valence electrons. The van der Waals surface area contributed by atoms with Crippen LogP contribution in [0.5, 0.6) is 0 Å². The molecular formula is C17H24ClN3O3. The van der Waals surface area contributed by atoms with Crippen molar-refractivity contribution in [1.82, 2.24) is 10.2 Å². The SMILES string of the molecule is CCC(C)C(NC(=O)N1CCN(c2cccc(Cl)c2)CC1)C(=O)O. The topological polar surface area (TPSA) is 72.9 Å². The van der Waals surface area contributed by atoms with E-state index in [4.69, 9.17) is 11.6 Å². The number of carboxylic acids is 1. The van der Waals surface area contributed by atoms with E-state index in [2.05, 4.69) is 10.2 Å². The summed E-state index contributed by atoms with van der Waals surface area (Å²) in [7, 11) is 0. The average molecular weight is 354 g/mol. The van der Waals surface area contributed by atoms with Gasteiger partial charge in [0.1, 0.15) is 6.04 Å². The Labute approximate surface area is 147 Å². The second kappa shape index (κ2) is 8.24. The summed E-state index contributed by atoms with van der Waals surface area (Å²) in [4.78, 5) is 27.5. The molecule has 1 saturated heterocycles. The van der Waals surface area contributed by atoms with Gasteiger partial charge in [-0.05, 0) is 24.1 Å². The van der Waals surface area contributed by atoms with Crippen molar-refractivity contribution in [3.8, 4) is 0 Å². The highest BCUT2D eigenvalue weighted by molar-refractivity contribution is 6.30. The first-order valence-corrected chi connectivity index (χ1v) is 8.59. The maximum atomic E-state index is 12.3. The van der Waals surface area contributed by atoms with Crippen LogP contribution >= 0.6 is 11.6 Å². The molecule has 2 unspecified atom stereocenters. The van der Waals surface area contributed by atoms with Crippen LogP contribution in [0, 0.1) is 5.92 Å². The minimum atomic E-state index is -0.990. The van der Waals surface area contributed by atoms with Crippen molar-refractivity contribution >= 4 is 29.3 Å². The van der Waals surface area contributed by atoms with Crippen molar-refractivity contribution in [3.63, 3.8) is 0 Å². The standard InChI is InChI=1S/C17H24ClN3O3/c1-3-12(2)15(16(22)23)19-17(24)21-9-7-20(8-10-21)14-6-4-5-13(18)11-14/h4-6,11-12,15H,3,7-10H2,1-2H3,(H,19,24)(H,22,23). The van der Waals surface area contributed by atoms with Gasteiger partial charge in [-0.2, -0.15) is 0 Å². The lowest BCUT2D eigenvalue weighted by atomic mass is 9.99. The number of piperazine rings is 1. The van der Waals surface area contributed by atoms with Crippen LogP contribution < -0.4 is 10.2 Å². The van der Waals surface area contributed by atoms with Crippen molar-refractivity contribution in [1.29, 1.82) is 0 Å². The zero-order valence-corrected chi connectivity index (χ0v) is 14.8. The fraction of sp³-hybridized carbons (Fsp3) is 0.529. The highest BCUT2D eigenvalue weighted by Crippen LogP contribution is 2.21. The van der Waals surface area contributed by atoms with E-state index in [-0.39, 0.29) is 11.9 Å². The van der Waals surface area contributed by atoms with Crippen LogP contribution in [-0.4, -0.2) is 54.2 Å². The highest BCUT2D eigenvalue weighted by atomic mass is 35.5. The molecule has 1 heterocycles. The number of aliphatic carboxylic acids is 1. The van der Waals surface area contributed by atoms with Gasteiger partial charge in [0.25, 0.3) is 0 Å². The summed E-state index contributed by atoms with van der Waals surface area (Å²) in [6.45, 7) is 6.22. The lowest BCUT2D eigenvalue weighted by Crippen LogP contribution is -2.55. The van der Waals surface area contributed by atoms with Gasteiger partial charge < -0.3 is 20.2 Å². The Morgan fingerprint density at radius 2 is 1.96 bits per heavy atom. The van der Waals surface area contributed by atoms with Gasteiger partial charge >= 0.3 is 12.0 Å². The molecule has 2 amide bonds. The molecule has 2 atom stereocenters. The number of amides is 2. The van der Waals surface area contributed by atoms with Crippen LogP contribution in [0.25, 0.3) is 0 Å². The lowest BCUT2D eigenvalue weighted by Gasteiger charge is -2.36. The zero-order valence-electron chi connectivity index (χ0n) is 14.0. The number of rotatable bonds is 5. The van der Waals surface area contributed by atoms with E-state index < -0.39 is 12.0 Å². The molecule has 6 nitrogen and oxygen atoms in total. The maximum Gasteiger partial charge on any atom is 0.326 e. The van der Waals surface area contributed by atoms with Gasteiger partial charge in [-0.25, -0.2) is 9.59 Å². The Balaban J connectivity index is 1.91. The molecule has 7 heteroatoms. The Morgan fingerprint density at radius 1 is 1.29 bits per heavy atom. The number of benzene rings is 1. The largest absolute Gasteiger partial charge is 0.480 e. The van der Waals surface area contributed by atoms with Gasteiger partial charge in [0, 0.05) is 36.9 Å². The molecule has 1 fully saturated rings. The number of carbonyl (C=O) groups excluding carboxylic acids is 1. The molecule has 1 aliphatic heterocycles. The van der Waals surface area contributed by atoms with Gasteiger partial charge in [-0.3, -0.25) is 0 Å². The summed E-state index contributed by atoms with van der Waals surface area (Å²) in [6, 6.07) is 6.46. The monoisotopic (exact) mass is 353 g/mol. The number of hydrogen-bond donors (Lipinski definition) is 2. The molecule has 0 radical (unpaired) electrons. The first-order valence-electron chi connectivity index (χ1n) is 8.21. The maximum absolute atomic E-state index is 12.3. The molecule has 2 rings (SSSR count). The molecule has 2 N–H and O–H groups in total. The summed E-state index contributed by atoms with van der Waals surface area (Å²) >= 11 is 6.02. The van der Waals surface area contributed by atoms with E-state index in [0.29, 0.717) is 37.6 Å². The van der Waals surface area contributed by atoms with Crippen LogP contribution in [0.1, 0.15) is 20.3 Å². The number of halogens is 1. The predicted molar refractivity (Wildman–Crippen MR) is 94.6 cm³/mol. The minimum Gasteiger partial charge on any atom is -0.480 e. The Morgan fingerprint density at radius 3 is 2.50 bits per heavy atom. The van der Waals surface area contributed by atoms with Crippen molar-refractivity contribution in [3.05, 3.63) is 29.3 Å². The number of nitrogens with one attached hydrogen (secondary N) is 1. The molecule has 0 spiro atoms. The van der Waals surface area contributed by atoms with Gasteiger partial charge in [-0.1, -0.05) is 37.9 Å². The number of urea groups is 1. The normalized spacial score (nSPS) is 17.3. The fourth-order valence-corrected chi connectivity index (χ4v) is 2.93. The molecule has 0 aromatic heterocycles. The average Bonchev–Trinajstić information content (AvgIpc) is 2.58. The van der Waals surface area contributed by atoms with Crippen LogP contribution in [0.3, 0.4) is 0 Å². The van der Waals surface area contributed by atoms with Gasteiger partial charge in [-0.15, -0.1) is 0 Å². The summed E-state index contributed by atoms with van der Waals surface area (Å²) in [5.41, 5.74) is 1.03. The Hall–Kier alpha value is -1.95. The van der Waals surface area contributed by atoms with Gasteiger partial charge in [0.05, 0.1) is 0 Å². The number of anilines is 1. The van der Waals surface area contributed by atoms with Crippen molar-refractivity contribution in [2.75, 3.05) is 31.1 Å². The first kappa shape index (κ1) is 18.4. The molecule has 0 bridgehead atoms. The molecule has 24 heavy (non-hydrogen) atoms. The fourth-order valence-electron chi connectivity index (χ4n) is 2.75.